The van der Waals surface area contributed by atoms with Crippen LogP contribution in [-0.4, -0.2) is 9.38 Å². The van der Waals surface area contributed by atoms with E-state index in [0.29, 0.717) is 16.7 Å². The normalized spacial score (nSPS) is 13.5. The quantitative estimate of drug-likeness (QED) is 0.0800. The van der Waals surface area contributed by atoms with E-state index in [1.807, 2.05) is 0 Å². The summed E-state index contributed by atoms with van der Waals surface area (Å²) >= 11 is 0. The van der Waals surface area contributed by atoms with E-state index in [-0.39, 0.29) is 113 Å². The average molecular weight is 1010 g/mol. The Morgan fingerprint density at radius 2 is 1.08 bits per heavy atom. The van der Waals surface area contributed by atoms with Crippen molar-refractivity contribution in [2.24, 2.45) is 0 Å². The Labute approximate surface area is 390 Å². The standard InChI is InChI=1S/C32H28P2.C24H19N2.Os/c1-5-16-29(17-6-1)33(30-18-7-2-8-19-30)25-27-14-13-15-28(24-27)26-34(31-20-9-3-10-21-31)32-22-11-4-12-23-32;1-15-11-12-21-20(13-15)18-9-4-5-10-19(18)24-25-14-22(26(21)24)23-16(2)7-6-8-17(23)3;/h1-24H,25-26H2;4-9,11-14H,1-3H3;/q;-1;+1/p+2/i;4D,5D,6D,7D,8D,9D,11D,12D,13D,14D;. The molecule has 8 aromatic carbocycles. The van der Waals surface area contributed by atoms with E-state index in [9.17, 15) is 0 Å². The number of aromatic nitrogens is 2. The van der Waals surface area contributed by atoms with Gasteiger partial charge in [0.05, 0.1) is 70.3 Å². The van der Waals surface area contributed by atoms with Gasteiger partial charge in [0.25, 0.3) is 0 Å². The van der Waals surface area contributed by atoms with Crippen molar-refractivity contribution in [3.8, 4) is 11.3 Å². The maximum atomic E-state index is 8.80. The van der Waals surface area contributed by atoms with E-state index in [2.05, 4.69) is 157 Å². The molecule has 0 aliphatic carbocycles. The Bertz CT molecular complexity index is 3390. The van der Waals surface area contributed by atoms with Crippen molar-refractivity contribution in [3.63, 3.8) is 0 Å². The smallest absolute Gasteiger partial charge is 0.333 e. The van der Waals surface area contributed by atoms with Crippen LogP contribution in [0.1, 0.15) is 41.5 Å². The average Bonchev–Trinajstić information content (AvgIpc) is 3.73. The number of benzene rings is 8. The van der Waals surface area contributed by atoms with Gasteiger partial charge in [-0.3, -0.25) is 4.98 Å². The molecular formula is C56H49N2OsP2+2. The van der Waals surface area contributed by atoms with Crippen LogP contribution in [0.2, 0.25) is 0 Å². The molecule has 0 unspecified atom stereocenters. The largest absolute Gasteiger partial charge is 1.00 e. The van der Waals surface area contributed by atoms with Crippen molar-refractivity contribution in [1.82, 2.24) is 9.38 Å². The predicted molar refractivity (Wildman–Crippen MR) is 263 cm³/mol. The van der Waals surface area contributed by atoms with Gasteiger partial charge in [0.2, 0.25) is 0 Å². The second-order valence-electron chi connectivity index (χ2n) is 14.8. The fourth-order valence-electron chi connectivity index (χ4n) is 7.91. The molecule has 0 N–H and O–H groups in total. The third-order valence-electron chi connectivity index (χ3n) is 10.7. The third kappa shape index (κ3) is 9.23. The van der Waals surface area contributed by atoms with Crippen molar-refractivity contribution >= 4 is 64.4 Å². The first-order valence-electron chi connectivity index (χ1n) is 25.0. The van der Waals surface area contributed by atoms with E-state index in [0.717, 1.165) is 12.3 Å². The van der Waals surface area contributed by atoms with Crippen LogP contribution in [0.15, 0.2) is 206 Å². The minimum absolute atomic E-state index is 0. The fourth-order valence-corrected chi connectivity index (χ4v) is 13.0. The SMILES string of the molecule is [2H]c1[c-]c2c(c([2H])c1[2H])c1c([2H])c(C)c([2H])c([2H])c1n1c(-c3c(C)c([2H])c([2H])c([2H])c3C)c([2H])nc21.[Os+].c1ccc([PH+](Cc2cccc(C[PH+](c3ccccc3)c3ccccc3)c2)c2ccccc2)cc1. The van der Waals surface area contributed by atoms with E-state index in [1.165, 1.54) is 43.7 Å². The Morgan fingerprint density at radius 1 is 0.574 bits per heavy atom. The fraction of sp³-hybridized carbons (Fsp3) is 0.0893. The van der Waals surface area contributed by atoms with Crippen LogP contribution in [0.4, 0.5) is 0 Å². The van der Waals surface area contributed by atoms with E-state index in [1.54, 1.807) is 13.8 Å². The molecule has 0 saturated carbocycles. The van der Waals surface area contributed by atoms with Crippen LogP contribution < -0.4 is 21.2 Å². The molecule has 0 saturated heterocycles. The number of rotatable bonds is 9. The molecule has 10 rings (SSSR count). The summed E-state index contributed by atoms with van der Waals surface area (Å²) in [5.74, 6) is 0. The van der Waals surface area contributed by atoms with Crippen LogP contribution in [0.25, 0.3) is 38.6 Å². The molecule has 10 aromatic rings. The van der Waals surface area contributed by atoms with Gasteiger partial charge in [-0.05, 0) is 110 Å². The van der Waals surface area contributed by atoms with Crippen molar-refractivity contribution in [3.05, 3.63) is 240 Å². The van der Waals surface area contributed by atoms with Crippen LogP contribution in [0.3, 0.4) is 0 Å². The van der Waals surface area contributed by atoms with Gasteiger partial charge in [0.1, 0.15) is 0 Å². The van der Waals surface area contributed by atoms with Gasteiger partial charge in [-0.1, -0.05) is 132 Å². The molecule has 0 atom stereocenters. The number of hydrogen-bond acceptors (Lipinski definition) is 1. The summed E-state index contributed by atoms with van der Waals surface area (Å²) < 4.78 is 85.9. The van der Waals surface area contributed by atoms with Crippen molar-refractivity contribution < 1.29 is 33.5 Å². The molecule has 0 aliphatic rings. The Morgan fingerprint density at radius 3 is 1.59 bits per heavy atom. The maximum Gasteiger partial charge on any atom is 1.00 e. The molecule has 0 bridgehead atoms. The minimum Gasteiger partial charge on any atom is -0.333 e. The zero-order valence-electron chi connectivity index (χ0n) is 44.0. The molecule has 5 heteroatoms. The minimum atomic E-state index is -0.892. The van der Waals surface area contributed by atoms with Gasteiger partial charge >= 0.3 is 19.8 Å². The van der Waals surface area contributed by atoms with Gasteiger partial charge in [0, 0.05) is 20.0 Å². The zero-order chi connectivity index (χ0) is 49.5. The number of hydrogen-bond donors (Lipinski definition) is 0. The van der Waals surface area contributed by atoms with Crippen LogP contribution in [0, 0.1) is 26.8 Å². The van der Waals surface area contributed by atoms with Gasteiger partial charge in [-0.25, -0.2) is 0 Å². The number of fused-ring (bicyclic) bond motifs is 6. The monoisotopic (exact) mass is 1010 g/mol. The topological polar surface area (TPSA) is 17.3 Å². The van der Waals surface area contributed by atoms with Gasteiger partial charge in [-0.15, -0.1) is 29.6 Å². The molecular weight excluding hydrogens is 953 g/mol. The van der Waals surface area contributed by atoms with Crippen LogP contribution >= 0.6 is 15.8 Å². The third-order valence-corrected chi connectivity index (χ3v) is 16.4. The Hall–Kier alpha value is -5.53. The number of pyridine rings is 1. The van der Waals surface area contributed by atoms with E-state index < -0.39 is 21.9 Å². The molecule has 2 heterocycles. The Kier molecular flexibility index (Phi) is 9.99. The molecule has 0 fully saturated rings. The summed E-state index contributed by atoms with van der Waals surface area (Å²) in [7, 11) is -1.78. The van der Waals surface area contributed by atoms with Gasteiger partial charge in [0.15, 0.2) is 0 Å². The molecule has 61 heavy (non-hydrogen) atoms. The van der Waals surface area contributed by atoms with Crippen molar-refractivity contribution in [2.45, 2.75) is 33.1 Å². The van der Waals surface area contributed by atoms with E-state index in [4.69, 9.17) is 13.7 Å². The molecule has 0 aliphatic heterocycles. The van der Waals surface area contributed by atoms with Gasteiger partial charge in [-0.2, -0.15) is 0 Å². The summed E-state index contributed by atoms with van der Waals surface area (Å²) in [5, 5.41) is 6.22. The number of imidazole rings is 1. The van der Waals surface area contributed by atoms with Crippen LogP contribution in [0.5, 0.6) is 0 Å². The summed E-state index contributed by atoms with van der Waals surface area (Å²) in [6.07, 6.45) is 1.93. The molecule has 0 amide bonds. The van der Waals surface area contributed by atoms with Gasteiger partial charge < -0.3 is 4.40 Å². The summed E-state index contributed by atoms with van der Waals surface area (Å²) in [6.45, 7) is 4.73. The van der Waals surface area contributed by atoms with Crippen LogP contribution in [-0.2, 0) is 32.1 Å². The first-order chi connectivity index (χ1) is 33.7. The molecule has 0 spiro atoms. The van der Waals surface area contributed by atoms with Crippen molar-refractivity contribution in [2.75, 3.05) is 0 Å². The first-order valence-corrected chi connectivity index (χ1v) is 23.4. The Balaban J connectivity index is 0.000000188. The summed E-state index contributed by atoms with van der Waals surface area (Å²) in [4.78, 5) is 4.36. The van der Waals surface area contributed by atoms with Crippen molar-refractivity contribution in [1.29, 1.82) is 0 Å². The second kappa shape index (κ2) is 19.5. The first kappa shape index (κ1) is 31.3. The second-order valence-corrected chi connectivity index (χ2v) is 19.7. The molecule has 2 aromatic heterocycles. The maximum absolute atomic E-state index is 8.80. The molecule has 299 valence electrons. The zero-order valence-corrected chi connectivity index (χ0v) is 38.6. The predicted octanol–water partition coefficient (Wildman–Crippen LogP) is 12.4. The van der Waals surface area contributed by atoms with E-state index >= 15 is 0 Å². The summed E-state index contributed by atoms with van der Waals surface area (Å²) in [6, 6.07) is 54.1. The number of nitrogens with zero attached hydrogens (tertiary/aromatic N) is 2. The summed E-state index contributed by atoms with van der Waals surface area (Å²) in [5.41, 5.74) is 4.28. The molecule has 1 radical (unpaired) electrons. The molecule has 2 nitrogen and oxygen atoms in total.